The standard InChI is InChI=1S/C24H22N2O5S/c1-31-24(30)19-8-4-5-9-20(19)25-21(27)14-32-16-12-10-15(11-13-16)26-22(28)17-6-2-3-7-18(17)23(26)29/h2-5,8-13,17-18H,6-7,14H2,1H3,(H,25,27)/t17-,18-/m1/s1. The van der Waals surface area contributed by atoms with Crippen LogP contribution in [0.4, 0.5) is 11.4 Å². The Kier molecular flexibility index (Phi) is 6.41. The molecule has 3 amide bonds. The largest absolute Gasteiger partial charge is 0.465 e. The summed E-state index contributed by atoms with van der Waals surface area (Å²) >= 11 is 1.31. The lowest BCUT2D eigenvalue weighted by Crippen LogP contribution is -2.30. The predicted molar refractivity (Wildman–Crippen MR) is 121 cm³/mol. The average Bonchev–Trinajstić information content (AvgIpc) is 3.08. The Balaban J connectivity index is 1.37. The lowest BCUT2D eigenvalue weighted by atomic mass is 9.85. The minimum atomic E-state index is -0.522. The summed E-state index contributed by atoms with van der Waals surface area (Å²) in [5.74, 6) is -1.48. The van der Waals surface area contributed by atoms with E-state index in [0.717, 1.165) is 4.90 Å². The average molecular weight is 451 g/mol. The molecule has 0 bridgehead atoms. The summed E-state index contributed by atoms with van der Waals surface area (Å²) in [7, 11) is 1.29. The summed E-state index contributed by atoms with van der Waals surface area (Å²) in [4.78, 5) is 51.7. The Morgan fingerprint density at radius 2 is 1.62 bits per heavy atom. The van der Waals surface area contributed by atoms with Crippen molar-refractivity contribution < 1.29 is 23.9 Å². The van der Waals surface area contributed by atoms with Crippen LogP contribution in [-0.4, -0.2) is 36.6 Å². The first-order chi connectivity index (χ1) is 15.5. The van der Waals surface area contributed by atoms with Crippen molar-refractivity contribution in [1.82, 2.24) is 0 Å². The second-order valence-corrected chi connectivity index (χ2v) is 8.58. The predicted octanol–water partition coefficient (Wildman–Crippen LogP) is 3.66. The van der Waals surface area contributed by atoms with Crippen molar-refractivity contribution in [3.05, 3.63) is 66.2 Å². The zero-order valence-electron chi connectivity index (χ0n) is 17.4. The number of esters is 1. The smallest absolute Gasteiger partial charge is 0.339 e. The number of nitrogens with one attached hydrogen (secondary N) is 1. The molecule has 1 heterocycles. The van der Waals surface area contributed by atoms with Crippen LogP contribution in [0.3, 0.4) is 0 Å². The van der Waals surface area contributed by atoms with Crippen molar-refractivity contribution in [2.75, 3.05) is 23.1 Å². The van der Waals surface area contributed by atoms with Crippen LogP contribution in [0.25, 0.3) is 0 Å². The molecule has 0 saturated carbocycles. The second-order valence-electron chi connectivity index (χ2n) is 7.54. The number of methoxy groups -OCH3 is 1. The molecule has 32 heavy (non-hydrogen) atoms. The molecular weight excluding hydrogens is 428 g/mol. The number of anilines is 2. The molecule has 1 fully saturated rings. The molecule has 4 rings (SSSR count). The third kappa shape index (κ3) is 4.31. The minimum Gasteiger partial charge on any atom is -0.465 e. The summed E-state index contributed by atoms with van der Waals surface area (Å²) in [5, 5.41) is 2.73. The van der Waals surface area contributed by atoms with Crippen LogP contribution >= 0.6 is 11.8 Å². The zero-order chi connectivity index (χ0) is 22.7. The van der Waals surface area contributed by atoms with E-state index in [2.05, 4.69) is 5.32 Å². The van der Waals surface area contributed by atoms with Gasteiger partial charge in [-0.2, -0.15) is 0 Å². The highest BCUT2D eigenvalue weighted by Crippen LogP contribution is 2.38. The maximum Gasteiger partial charge on any atom is 0.339 e. The molecule has 1 aliphatic carbocycles. The molecule has 0 unspecified atom stereocenters. The Labute approximate surface area is 189 Å². The van der Waals surface area contributed by atoms with E-state index < -0.39 is 5.97 Å². The Hall–Kier alpha value is -3.39. The van der Waals surface area contributed by atoms with E-state index >= 15 is 0 Å². The summed E-state index contributed by atoms with van der Waals surface area (Å²) < 4.78 is 4.74. The van der Waals surface area contributed by atoms with Gasteiger partial charge in [-0.3, -0.25) is 19.3 Å². The van der Waals surface area contributed by atoms with E-state index in [4.69, 9.17) is 4.74 Å². The Bertz CT molecular complexity index is 1070. The fraction of sp³-hybridized carbons (Fsp3) is 0.250. The van der Waals surface area contributed by atoms with Crippen molar-refractivity contribution in [1.29, 1.82) is 0 Å². The maximum atomic E-state index is 12.7. The van der Waals surface area contributed by atoms with Crippen LogP contribution in [0.2, 0.25) is 0 Å². The third-order valence-corrected chi connectivity index (χ3v) is 6.59. The number of hydrogen-bond acceptors (Lipinski definition) is 6. The number of para-hydroxylation sites is 1. The first-order valence-electron chi connectivity index (χ1n) is 10.2. The van der Waals surface area contributed by atoms with E-state index in [9.17, 15) is 19.2 Å². The van der Waals surface area contributed by atoms with Gasteiger partial charge < -0.3 is 10.1 Å². The molecule has 2 aliphatic rings. The molecule has 7 nitrogen and oxygen atoms in total. The summed E-state index contributed by atoms with van der Waals surface area (Å²) in [6, 6.07) is 13.7. The first-order valence-corrected chi connectivity index (χ1v) is 11.2. The molecule has 1 N–H and O–H groups in total. The van der Waals surface area contributed by atoms with Crippen LogP contribution in [0.5, 0.6) is 0 Å². The quantitative estimate of drug-likeness (QED) is 0.313. The molecule has 1 aliphatic heterocycles. The van der Waals surface area contributed by atoms with E-state index in [1.807, 2.05) is 12.2 Å². The molecule has 1 saturated heterocycles. The molecule has 0 aromatic heterocycles. The molecule has 8 heteroatoms. The van der Waals surface area contributed by atoms with Crippen molar-refractivity contribution in [3.63, 3.8) is 0 Å². The first kappa shape index (κ1) is 21.8. The number of nitrogens with zero attached hydrogens (tertiary/aromatic N) is 1. The molecule has 2 aromatic rings. The Morgan fingerprint density at radius 1 is 1.00 bits per heavy atom. The van der Waals surface area contributed by atoms with Gasteiger partial charge in [0.25, 0.3) is 0 Å². The van der Waals surface area contributed by atoms with Gasteiger partial charge in [-0.25, -0.2) is 4.79 Å². The van der Waals surface area contributed by atoms with Crippen molar-refractivity contribution in [3.8, 4) is 0 Å². The number of fused-ring (bicyclic) bond motifs is 1. The van der Waals surface area contributed by atoms with Gasteiger partial charge in [0.05, 0.1) is 41.6 Å². The normalized spacial score (nSPS) is 19.6. The van der Waals surface area contributed by atoms with Crippen LogP contribution in [0.15, 0.2) is 65.6 Å². The number of rotatable bonds is 6. The number of imide groups is 1. The maximum absolute atomic E-state index is 12.7. The molecule has 2 atom stereocenters. The highest BCUT2D eigenvalue weighted by atomic mass is 32.2. The van der Waals surface area contributed by atoms with Crippen molar-refractivity contribution in [2.24, 2.45) is 11.8 Å². The lowest BCUT2D eigenvalue weighted by molar-refractivity contribution is -0.122. The number of carbonyl (C=O) groups is 4. The second kappa shape index (κ2) is 9.40. The van der Waals surface area contributed by atoms with E-state index in [1.54, 1.807) is 48.5 Å². The van der Waals surface area contributed by atoms with Crippen molar-refractivity contribution >= 4 is 46.8 Å². The molecule has 2 aromatic carbocycles. The van der Waals surface area contributed by atoms with Crippen LogP contribution in [0, 0.1) is 11.8 Å². The van der Waals surface area contributed by atoms with Gasteiger partial charge in [-0.05, 0) is 49.2 Å². The highest BCUT2D eigenvalue weighted by Gasteiger charge is 2.47. The molecule has 0 radical (unpaired) electrons. The van der Waals surface area contributed by atoms with Gasteiger partial charge in [0, 0.05) is 4.90 Å². The molecular formula is C24H22N2O5S. The molecule has 0 spiro atoms. The monoisotopic (exact) mass is 450 g/mol. The number of carbonyl (C=O) groups excluding carboxylic acids is 4. The van der Waals surface area contributed by atoms with E-state index in [-0.39, 0.29) is 40.9 Å². The number of allylic oxidation sites excluding steroid dienone is 2. The van der Waals surface area contributed by atoms with Crippen LogP contribution in [0.1, 0.15) is 23.2 Å². The van der Waals surface area contributed by atoms with Crippen LogP contribution in [-0.2, 0) is 19.1 Å². The van der Waals surface area contributed by atoms with E-state index in [0.29, 0.717) is 24.2 Å². The van der Waals surface area contributed by atoms with Crippen LogP contribution < -0.4 is 10.2 Å². The number of benzene rings is 2. The number of ether oxygens (including phenoxy) is 1. The zero-order valence-corrected chi connectivity index (χ0v) is 18.3. The lowest BCUT2D eigenvalue weighted by Gasteiger charge is -2.15. The SMILES string of the molecule is COC(=O)c1ccccc1NC(=O)CSc1ccc(N2C(=O)[C@@H]3CC=CC[C@H]3C2=O)cc1. The number of hydrogen-bond donors (Lipinski definition) is 1. The van der Waals surface area contributed by atoms with Gasteiger partial charge in [-0.1, -0.05) is 24.3 Å². The van der Waals surface area contributed by atoms with Gasteiger partial charge in [0.15, 0.2) is 0 Å². The third-order valence-electron chi connectivity index (χ3n) is 5.58. The van der Waals surface area contributed by atoms with E-state index in [1.165, 1.54) is 23.8 Å². The topological polar surface area (TPSA) is 92.8 Å². The minimum absolute atomic E-state index is 0.131. The summed E-state index contributed by atoms with van der Waals surface area (Å²) in [6.07, 6.45) is 5.14. The van der Waals surface area contributed by atoms with Gasteiger partial charge in [0.2, 0.25) is 17.7 Å². The fourth-order valence-electron chi connectivity index (χ4n) is 3.96. The fourth-order valence-corrected chi connectivity index (χ4v) is 4.66. The highest BCUT2D eigenvalue weighted by molar-refractivity contribution is 8.00. The summed E-state index contributed by atoms with van der Waals surface area (Å²) in [6.45, 7) is 0. The number of amides is 3. The molecule has 164 valence electrons. The van der Waals surface area contributed by atoms with Gasteiger partial charge in [0.1, 0.15) is 0 Å². The summed E-state index contributed by atoms with van der Waals surface area (Å²) in [5.41, 5.74) is 1.23. The number of thioether (sulfide) groups is 1. The van der Waals surface area contributed by atoms with Gasteiger partial charge in [-0.15, -0.1) is 11.8 Å². The van der Waals surface area contributed by atoms with Crippen molar-refractivity contribution in [2.45, 2.75) is 17.7 Å². The Morgan fingerprint density at radius 3 is 2.25 bits per heavy atom. The van der Waals surface area contributed by atoms with Gasteiger partial charge >= 0.3 is 5.97 Å².